The van der Waals surface area contributed by atoms with Crippen molar-refractivity contribution in [3.63, 3.8) is 0 Å². The molecule has 0 aliphatic carbocycles. The molecule has 0 fully saturated rings. The van der Waals surface area contributed by atoms with E-state index in [0.29, 0.717) is 13.0 Å². The number of rotatable bonds is 5. The van der Waals surface area contributed by atoms with Crippen LogP contribution in [0.2, 0.25) is 0 Å². The van der Waals surface area contributed by atoms with Crippen molar-refractivity contribution in [3.05, 3.63) is 53.3 Å². The Morgan fingerprint density at radius 2 is 1.86 bits per heavy atom. The molecule has 0 bridgehead atoms. The molecule has 21 heavy (non-hydrogen) atoms. The molecule has 2 aromatic rings. The van der Waals surface area contributed by atoms with Crippen molar-refractivity contribution in [2.45, 2.75) is 24.8 Å². The number of hydrogen-bond acceptors (Lipinski definition) is 3. The van der Waals surface area contributed by atoms with Crippen LogP contribution in [0.1, 0.15) is 16.8 Å². The molecule has 0 spiro atoms. The van der Waals surface area contributed by atoms with Crippen LogP contribution in [0.25, 0.3) is 0 Å². The highest BCUT2D eigenvalue weighted by atomic mass is 32.2. The summed E-state index contributed by atoms with van der Waals surface area (Å²) in [6.45, 7) is 2.32. The topological polar surface area (TPSA) is 79.0 Å². The Kier molecular flexibility index (Phi) is 4.47. The third kappa shape index (κ3) is 4.46. The average Bonchev–Trinajstić information content (AvgIpc) is 2.81. The van der Waals surface area contributed by atoms with E-state index in [9.17, 15) is 13.2 Å². The normalized spacial score (nSPS) is 11.3. The molecule has 0 aliphatic heterocycles. The Morgan fingerprint density at radius 1 is 1.19 bits per heavy atom. The minimum Gasteiger partial charge on any atom is -0.365 e. The number of benzene rings is 1. The first-order valence-corrected chi connectivity index (χ1v) is 8.43. The number of carbonyl (C=O) groups is 1. The molecular formula is C15H18N2O3S. The van der Waals surface area contributed by atoms with Gasteiger partial charge >= 0.3 is 0 Å². The van der Waals surface area contributed by atoms with E-state index in [1.165, 1.54) is 6.26 Å². The average molecular weight is 306 g/mol. The minimum atomic E-state index is -3.18. The summed E-state index contributed by atoms with van der Waals surface area (Å²) in [4.78, 5) is 15.1. The molecule has 112 valence electrons. The van der Waals surface area contributed by atoms with Crippen molar-refractivity contribution >= 4 is 15.7 Å². The van der Waals surface area contributed by atoms with Gasteiger partial charge in [-0.25, -0.2) is 8.42 Å². The standard InChI is InChI=1S/C15H18N2O3S/c1-11-7-13(10-16-11)8-15(18)17-9-12-3-5-14(6-4-12)21(2,19)20/h3-7,10,16H,8-9H2,1-2H3,(H,17,18). The van der Waals surface area contributed by atoms with Gasteiger partial charge in [0.05, 0.1) is 11.3 Å². The van der Waals surface area contributed by atoms with Crippen molar-refractivity contribution in [3.8, 4) is 0 Å². The van der Waals surface area contributed by atoms with Crippen LogP contribution in [0.15, 0.2) is 41.4 Å². The lowest BCUT2D eigenvalue weighted by atomic mass is 10.2. The van der Waals surface area contributed by atoms with Crippen molar-refractivity contribution in [2.75, 3.05) is 6.26 Å². The van der Waals surface area contributed by atoms with Crippen molar-refractivity contribution in [1.29, 1.82) is 0 Å². The van der Waals surface area contributed by atoms with E-state index in [4.69, 9.17) is 0 Å². The number of hydrogen-bond donors (Lipinski definition) is 2. The lowest BCUT2D eigenvalue weighted by Crippen LogP contribution is -2.24. The summed E-state index contributed by atoms with van der Waals surface area (Å²) in [5, 5.41) is 2.81. The first-order chi connectivity index (χ1) is 9.84. The number of aromatic amines is 1. The zero-order valence-corrected chi connectivity index (χ0v) is 12.8. The Hall–Kier alpha value is -2.08. The van der Waals surface area contributed by atoms with E-state index in [0.717, 1.165) is 16.8 Å². The van der Waals surface area contributed by atoms with Crippen LogP contribution in [-0.4, -0.2) is 25.6 Å². The highest BCUT2D eigenvalue weighted by Crippen LogP contribution is 2.10. The quantitative estimate of drug-likeness (QED) is 0.880. The minimum absolute atomic E-state index is 0.0683. The molecule has 2 rings (SSSR count). The van der Waals surface area contributed by atoms with Crippen LogP contribution in [0.3, 0.4) is 0 Å². The van der Waals surface area contributed by atoms with Crippen LogP contribution < -0.4 is 5.32 Å². The second-order valence-electron chi connectivity index (χ2n) is 5.06. The Labute approximate surface area is 124 Å². The number of amides is 1. The van der Waals surface area contributed by atoms with E-state index in [1.807, 2.05) is 19.2 Å². The zero-order valence-electron chi connectivity index (χ0n) is 12.0. The SMILES string of the molecule is Cc1cc(CC(=O)NCc2ccc(S(C)(=O)=O)cc2)c[nH]1. The number of aryl methyl sites for hydroxylation is 1. The van der Waals surface area contributed by atoms with Crippen LogP contribution in [0.5, 0.6) is 0 Å². The fraction of sp³-hybridized carbons (Fsp3) is 0.267. The summed E-state index contributed by atoms with van der Waals surface area (Å²) in [5.41, 5.74) is 2.83. The van der Waals surface area contributed by atoms with Crippen molar-refractivity contribution in [2.24, 2.45) is 0 Å². The van der Waals surface area contributed by atoms with E-state index < -0.39 is 9.84 Å². The van der Waals surface area contributed by atoms with Crippen LogP contribution >= 0.6 is 0 Å². The molecule has 0 unspecified atom stereocenters. The molecule has 1 aromatic heterocycles. The predicted octanol–water partition coefficient (Wildman–Crippen LogP) is 1.59. The maximum absolute atomic E-state index is 11.8. The molecule has 1 aromatic carbocycles. The number of nitrogens with one attached hydrogen (secondary N) is 2. The second kappa shape index (κ2) is 6.13. The predicted molar refractivity (Wildman–Crippen MR) is 80.6 cm³/mol. The van der Waals surface area contributed by atoms with Crippen molar-refractivity contribution < 1.29 is 13.2 Å². The number of H-pyrrole nitrogens is 1. The number of carbonyl (C=O) groups excluding carboxylic acids is 1. The van der Waals surface area contributed by atoms with Gasteiger partial charge in [0.15, 0.2) is 9.84 Å². The summed E-state index contributed by atoms with van der Waals surface area (Å²) in [5.74, 6) is -0.0683. The second-order valence-corrected chi connectivity index (χ2v) is 7.08. The van der Waals surface area contributed by atoms with Gasteiger partial charge in [-0.05, 0) is 36.2 Å². The van der Waals surface area contributed by atoms with Crippen LogP contribution in [-0.2, 0) is 27.6 Å². The summed E-state index contributed by atoms with van der Waals surface area (Å²) in [6.07, 6.45) is 3.31. The third-order valence-electron chi connectivity index (χ3n) is 3.09. The molecular weight excluding hydrogens is 288 g/mol. The van der Waals surface area contributed by atoms with Gasteiger partial charge in [-0.2, -0.15) is 0 Å². The molecule has 0 atom stereocenters. The molecule has 0 aliphatic rings. The Morgan fingerprint density at radius 3 is 2.38 bits per heavy atom. The monoisotopic (exact) mass is 306 g/mol. The van der Waals surface area contributed by atoms with Gasteiger partial charge < -0.3 is 10.3 Å². The molecule has 2 N–H and O–H groups in total. The fourth-order valence-corrected chi connectivity index (χ4v) is 2.60. The molecule has 0 radical (unpaired) electrons. The first-order valence-electron chi connectivity index (χ1n) is 6.54. The van der Waals surface area contributed by atoms with E-state index in [2.05, 4.69) is 10.3 Å². The lowest BCUT2D eigenvalue weighted by molar-refractivity contribution is -0.120. The van der Waals surface area contributed by atoms with E-state index in [1.54, 1.807) is 24.3 Å². The summed E-state index contributed by atoms with van der Waals surface area (Å²) >= 11 is 0. The molecule has 1 heterocycles. The smallest absolute Gasteiger partial charge is 0.224 e. The maximum Gasteiger partial charge on any atom is 0.224 e. The highest BCUT2D eigenvalue weighted by Gasteiger charge is 2.07. The maximum atomic E-state index is 11.8. The van der Waals surface area contributed by atoms with Crippen LogP contribution in [0, 0.1) is 6.92 Å². The van der Waals surface area contributed by atoms with Gasteiger partial charge in [-0.3, -0.25) is 4.79 Å². The van der Waals surface area contributed by atoms with Gasteiger partial charge in [0.25, 0.3) is 0 Å². The van der Waals surface area contributed by atoms with Gasteiger partial charge in [0, 0.05) is 24.7 Å². The van der Waals surface area contributed by atoms with E-state index >= 15 is 0 Å². The fourth-order valence-electron chi connectivity index (χ4n) is 1.97. The summed E-state index contributed by atoms with van der Waals surface area (Å²) < 4.78 is 22.7. The summed E-state index contributed by atoms with van der Waals surface area (Å²) in [7, 11) is -3.18. The lowest BCUT2D eigenvalue weighted by Gasteiger charge is -2.05. The molecule has 6 heteroatoms. The highest BCUT2D eigenvalue weighted by molar-refractivity contribution is 7.90. The molecule has 5 nitrogen and oxygen atoms in total. The van der Waals surface area contributed by atoms with E-state index in [-0.39, 0.29) is 10.8 Å². The molecule has 0 saturated carbocycles. The van der Waals surface area contributed by atoms with Crippen molar-refractivity contribution in [1.82, 2.24) is 10.3 Å². The number of sulfone groups is 1. The molecule has 0 saturated heterocycles. The first kappa shape index (κ1) is 15.3. The Bertz CT molecular complexity index is 731. The van der Waals surface area contributed by atoms with Gasteiger partial charge in [-0.15, -0.1) is 0 Å². The zero-order chi connectivity index (χ0) is 15.5. The van der Waals surface area contributed by atoms with Gasteiger partial charge in [0.2, 0.25) is 5.91 Å². The van der Waals surface area contributed by atoms with Gasteiger partial charge in [0.1, 0.15) is 0 Å². The number of aromatic nitrogens is 1. The third-order valence-corrected chi connectivity index (χ3v) is 4.22. The Balaban J connectivity index is 1.89. The largest absolute Gasteiger partial charge is 0.365 e. The molecule has 1 amide bonds. The summed E-state index contributed by atoms with van der Waals surface area (Å²) in [6, 6.07) is 8.44. The van der Waals surface area contributed by atoms with Gasteiger partial charge in [-0.1, -0.05) is 12.1 Å². The van der Waals surface area contributed by atoms with Crippen LogP contribution in [0.4, 0.5) is 0 Å².